The highest BCUT2D eigenvalue weighted by Gasteiger charge is 2.03. The minimum atomic E-state index is 0.546. The monoisotopic (exact) mass is 213 g/mol. The van der Waals surface area contributed by atoms with Crippen LogP contribution < -0.4 is 5.32 Å². The molecular weight excluding hydrogens is 202 g/mol. The van der Waals surface area contributed by atoms with Crippen LogP contribution in [0, 0.1) is 18.3 Å². The molecule has 2 aromatic heterocycles. The van der Waals surface area contributed by atoms with Crippen LogP contribution in [0.5, 0.6) is 0 Å². The van der Waals surface area contributed by atoms with Gasteiger partial charge in [0.15, 0.2) is 0 Å². The second kappa shape index (κ2) is 4.45. The number of hydrogen-bond acceptors (Lipinski definition) is 4. The second-order valence-corrected chi connectivity index (χ2v) is 3.39. The maximum absolute atomic E-state index is 8.92. The molecule has 80 valence electrons. The van der Waals surface area contributed by atoms with Crippen LogP contribution in [0.1, 0.15) is 17.0 Å². The van der Waals surface area contributed by atoms with Gasteiger partial charge in [0, 0.05) is 11.9 Å². The Bertz CT molecular complexity index is 510. The fraction of sp³-hybridized carbons (Fsp3) is 0.182. The van der Waals surface area contributed by atoms with Gasteiger partial charge >= 0.3 is 0 Å². The summed E-state index contributed by atoms with van der Waals surface area (Å²) in [4.78, 5) is 11.2. The van der Waals surface area contributed by atoms with Crippen LogP contribution in [-0.2, 0) is 6.54 Å². The minimum Gasteiger partial charge on any atom is -0.363 e. The molecule has 0 spiro atoms. The maximum atomic E-state index is 8.92. The molecule has 0 aromatic carbocycles. The normalized spacial score (nSPS) is 9.75. The lowest BCUT2D eigenvalue weighted by atomic mass is 10.2. The summed E-state index contributed by atoms with van der Waals surface area (Å²) in [7, 11) is 0. The number of pyridine rings is 1. The largest absolute Gasteiger partial charge is 0.363 e. The molecule has 5 heteroatoms. The second-order valence-electron chi connectivity index (χ2n) is 3.39. The lowest BCUT2D eigenvalue weighted by molar-refractivity contribution is 1.04. The first kappa shape index (κ1) is 10.2. The Morgan fingerprint density at radius 3 is 3.06 bits per heavy atom. The summed E-state index contributed by atoms with van der Waals surface area (Å²) >= 11 is 0. The van der Waals surface area contributed by atoms with Crippen molar-refractivity contribution in [3.05, 3.63) is 41.6 Å². The van der Waals surface area contributed by atoms with Gasteiger partial charge in [-0.15, -0.1) is 0 Å². The lowest BCUT2D eigenvalue weighted by Gasteiger charge is -2.06. The van der Waals surface area contributed by atoms with Gasteiger partial charge in [0.25, 0.3) is 0 Å². The molecule has 0 radical (unpaired) electrons. The van der Waals surface area contributed by atoms with Crippen molar-refractivity contribution in [3.63, 3.8) is 0 Å². The van der Waals surface area contributed by atoms with Gasteiger partial charge in [-0.05, 0) is 19.1 Å². The number of nitriles is 1. The summed E-state index contributed by atoms with van der Waals surface area (Å²) in [5.41, 5.74) is 2.38. The molecule has 0 bridgehead atoms. The van der Waals surface area contributed by atoms with E-state index in [0.717, 1.165) is 11.4 Å². The molecule has 16 heavy (non-hydrogen) atoms. The number of aryl methyl sites for hydroxylation is 1. The Balaban J connectivity index is 2.15. The van der Waals surface area contributed by atoms with Gasteiger partial charge in [0.1, 0.15) is 11.9 Å². The van der Waals surface area contributed by atoms with Gasteiger partial charge in [-0.2, -0.15) is 5.26 Å². The van der Waals surface area contributed by atoms with Gasteiger partial charge in [0.2, 0.25) is 0 Å². The topological polar surface area (TPSA) is 77.4 Å². The van der Waals surface area contributed by atoms with E-state index in [9.17, 15) is 0 Å². The highest BCUT2D eigenvalue weighted by atomic mass is 15.0. The van der Waals surface area contributed by atoms with Crippen LogP contribution in [0.25, 0.3) is 0 Å². The van der Waals surface area contributed by atoms with E-state index in [1.165, 1.54) is 0 Å². The first-order valence-corrected chi connectivity index (χ1v) is 4.88. The van der Waals surface area contributed by atoms with Crippen molar-refractivity contribution in [3.8, 4) is 6.07 Å². The fourth-order valence-corrected chi connectivity index (χ4v) is 1.34. The minimum absolute atomic E-state index is 0.546. The van der Waals surface area contributed by atoms with E-state index < -0.39 is 0 Å². The molecule has 0 fully saturated rings. The molecule has 0 atom stereocenters. The number of imidazole rings is 1. The predicted octanol–water partition coefficient (Wildman–Crippen LogP) is 1.60. The van der Waals surface area contributed by atoms with Crippen LogP contribution in [0.15, 0.2) is 24.7 Å². The van der Waals surface area contributed by atoms with E-state index >= 15 is 0 Å². The molecular formula is C11H11N5. The average molecular weight is 213 g/mol. The number of H-pyrrole nitrogens is 1. The predicted molar refractivity (Wildman–Crippen MR) is 59.6 cm³/mol. The molecule has 0 amide bonds. The van der Waals surface area contributed by atoms with E-state index in [-0.39, 0.29) is 0 Å². The van der Waals surface area contributed by atoms with E-state index in [1.54, 1.807) is 18.6 Å². The zero-order chi connectivity index (χ0) is 11.4. The molecule has 0 unspecified atom stereocenters. The summed E-state index contributed by atoms with van der Waals surface area (Å²) in [5.74, 6) is 0.608. The summed E-state index contributed by atoms with van der Waals surface area (Å²) in [6.07, 6.45) is 3.35. The average Bonchev–Trinajstić information content (AvgIpc) is 2.79. The summed E-state index contributed by atoms with van der Waals surface area (Å²) in [6.45, 7) is 2.47. The van der Waals surface area contributed by atoms with Crippen LogP contribution >= 0.6 is 0 Å². The van der Waals surface area contributed by atoms with Gasteiger partial charge in [0.05, 0.1) is 24.1 Å². The van der Waals surface area contributed by atoms with Crippen molar-refractivity contribution in [1.29, 1.82) is 5.26 Å². The van der Waals surface area contributed by atoms with E-state index in [0.29, 0.717) is 17.9 Å². The number of nitrogens with one attached hydrogen (secondary N) is 2. The smallest absolute Gasteiger partial charge is 0.144 e. The third-order valence-corrected chi connectivity index (χ3v) is 2.16. The molecule has 2 aromatic rings. The number of anilines is 1. The lowest BCUT2D eigenvalue weighted by Crippen LogP contribution is -2.04. The molecule has 2 rings (SSSR count). The molecule has 0 saturated heterocycles. The van der Waals surface area contributed by atoms with Crippen molar-refractivity contribution in [2.45, 2.75) is 13.5 Å². The Labute approximate surface area is 93.2 Å². The standard InChI is InChI=1S/C11H11N5/c1-8-2-3-9(4-12)11(16-8)14-6-10-5-13-7-15-10/h2-3,5,7H,6H2,1H3,(H,13,15)(H,14,16). The van der Waals surface area contributed by atoms with Crippen LogP contribution in [0.3, 0.4) is 0 Å². The molecule has 2 N–H and O–H groups in total. The van der Waals surface area contributed by atoms with Crippen molar-refractivity contribution in [2.75, 3.05) is 5.32 Å². The highest BCUT2D eigenvalue weighted by Crippen LogP contribution is 2.12. The molecule has 0 saturated carbocycles. The third-order valence-electron chi connectivity index (χ3n) is 2.16. The molecule has 5 nitrogen and oxygen atoms in total. The summed E-state index contributed by atoms with van der Waals surface area (Å²) < 4.78 is 0. The maximum Gasteiger partial charge on any atom is 0.144 e. The SMILES string of the molecule is Cc1ccc(C#N)c(NCc2cnc[nH]2)n1. The van der Waals surface area contributed by atoms with Gasteiger partial charge < -0.3 is 10.3 Å². The van der Waals surface area contributed by atoms with Crippen molar-refractivity contribution in [1.82, 2.24) is 15.0 Å². The number of hydrogen-bond donors (Lipinski definition) is 2. The number of aromatic amines is 1. The highest BCUT2D eigenvalue weighted by molar-refractivity contribution is 5.52. The Kier molecular flexibility index (Phi) is 2.83. The van der Waals surface area contributed by atoms with E-state index in [4.69, 9.17) is 5.26 Å². The van der Waals surface area contributed by atoms with E-state index in [1.807, 2.05) is 13.0 Å². The summed E-state index contributed by atoms with van der Waals surface area (Å²) in [6, 6.07) is 5.68. The van der Waals surface area contributed by atoms with E-state index in [2.05, 4.69) is 26.3 Å². The number of rotatable bonds is 3. The Morgan fingerprint density at radius 2 is 2.38 bits per heavy atom. The first-order chi connectivity index (χ1) is 7.79. The van der Waals surface area contributed by atoms with Crippen LogP contribution in [0.4, 0.5) is 5.82 Å². The Hall–Kier alpha value is -2.35. The quantitative estimate of drug-likeness (QED) is 0.811. The van der Waals surface area contributed by atoms with Crippen LogP contribution in [-0.4, -0.2) is 15.0 Å². The van der Waals surface area contributed by atoms with Gasteiger partial charge in [-0.25, -0.2) is 9.97 Å². The van der Waals surface area contributed by atoms with Crippen LogP contribution in [0.2, 0.25) is 0 Å². The molecule has 0 aliphatic heterocycles. The first-order valence-electron chi connectivity index (χ1n) is 4.88. The molecule has 0 aliphatic carbocycles. The van der Waals surface area contributed by atoms with Gasteiger partial charge in [-0.3, -0.25) is 0 Å². The fourth-order valence-electron chi connectivity index (χ4n) is 1.34. The number of nitrogens with zero attached hydrogens (tertiary/aromatic N) is 3. The molecule has 2 heterocycles. The number of aromatic nitrogens is 3. The van der Waals surface area contributed by atoms with Gasteiger partial charge in [-0.1, -0.05) is 0 Å². The van der Waals surface area contributed by atoms with Crippen molar-refractivity contribution >= 4 is 5.82 Å². The zero-order valence-electron chi connectivity index (χ0n) is 8.86. The Morgan fingerprint density at radius 1 is 1.50 bits per heavy atom. The van der Waals surface area contributed by atoms with Crippen molar-refractivity contribution in [2.24, 2.45) is 0 Å². The zero-order valence-corrected chi connectivity index (χ0v) is 8.86. The summed E-state index contributed by atoms with van der Waals surface area (Å²) in [5, 5.41) is 12.0. The third kappa shape index (κ3) is 2.17. The molecule has 0 aliphatic rings. The van der Waals surface area contributed by atoms with Crippen molar-refractivity contribution < 1.29 is 0 Å².